The zero-order valence-corrected chi connectivity index (χ0v) is 13.9. The number of benzene rings is 2. The third-order valence-electron chi connectivity index (χ3n) is 4.38. The summed E-state index contributed by atoms with van der Waals surface area (Å²) in [5.74, 6) is 0.358. The van der Waals surface area contributed by atoms with Gasteiger partial charge in [0, 0.05) is 23.5 Å². The maximum atomic E-state index is 13.4. The fraction of sp³-hybridized carbons (Fsp3) is 0.316. The van der Waals surface area contributed by atoms with Gasteiger partial charge in [0.25, 0.3) is 0 Å². The first-order valence-electron chi connectivity index (χ1n) is 8.06. The first kappa shape index (κ1) is 16.3. The number of nitrogens with zero attached hydrogens (tertiary/aromatic N) is 1. The lowest BCUT2D eigenvalue weighted by atomic mass is 9.96. The molecule has 0 spiro atoms. The van der Waals surface area contributed by atoms with E-state index in [0.29, 0.717) is 11.4 Å². The third kappa shape index (κ3) is 3.50. The molecule has 2 aromatic carbocycles. The van der Waals surface area contributed by atoms with Gasteiger partial charge in [-0.3, -0.25) is 4.79 Å². The first-order chi connectivity index (χ1) is 11.6. The summed E-state index contributed by atoms with van der Waals surface area (Å²) in [4.78, 5) is 14.5. The summed E-state index contributed by atoms with van der Waals surface area (Å²) < 4.78 is 18.6. The Hall–Kier alpha value is -2.56. The van der Waals surface area contributed by atoms with Crippen molar-refractivity contribution in [2.24, 2.45) is 0 Å². The van der Waals surface area contributed by atoms with E-state index in [1.54, 1.807) is 25.3 Å². The molecule has 24 heavy (non-hydrogen) atoms. The van der Waals surface area contributed by atoms with Gasteiger partial charge in [-0.2, -0.15) is 0 Å². The smallest absolute Gasteiger partial charge is 0.243 e. The van der Waals surface area contributed by atoms with Crippen LogP contribution in [0.5, 0.6) is 5.75 Å². The van der Waals surface area contributed by atoms with Gasteiger partial charge in [0.2, 0.25) is 5.91 Å². The number of rotatable bonds is 4. The lowest BCUT2D eigenvalue weighted by Crippen LogP contribution is -2.42. The van der Waals surface area contributed by atoms with Crippen LogP contribution in [0.25, 0.3) is 0 Å². The van der Waals surface area contributed by atoms with Crippen LogP contribution >= 0.6 is 0 Å². The molecule has 0 aromatic heterocycles. The van der Waals surface area contributed by atoms with Crippen LogP contribution in [0.15, 0.2) is 42.5 Å². The molecule has 1 heterocycles. The number of carbonyl (C=O) groups excluding carboxylic acids is 1. The van der Waals surface area contributed by atoms with E-state index in [0.717, 1.165) is 24.1 Å². The Morgan fingerprint density at radius 2 is 2.17 bits per heavy atom. The van der Waals surface area contributed by atoms with Crippen LogP contribution in [0.2, 0.25) is 0 Å². The van der Waals surface area contributed by atoms with E-state index in [4.69, 9.17) is 4.74 Å². The van der Waals surface area contributed by atoms with E-state index in [1.807, 2.05) is 23.1 Å². The van der Waals surface area contributed by atoms with Gasteiger partial charge in [-0.1, -0.05) is 6.07 Å². The lowest BCUT2D eigenvalue weighted by Gasteiger charge is -2.36. The molecule has 0 unspecified atom stereocenters. The van der Waals surface area contributed by atoms with Crippen molar-refractivity contribution in [2.75, 3.05) is 23.9 Å². The fourth-order valence-electron chi connectivity index (χ4n) is 3.09. The topological polar surface area (TPSA) is 41.6 Å². The Bertz CT molecular complexity index is 748. The predicted molar refractivity (Wildman–Crippen MR) is 93.2 cm³/mol. The summed E-state index contributed by atoms with van der Waals surface area (Å²) in [6.45, 7) is 2.32. The third-order valence-corrected chi connectivity index (χ3v) is 4.38. The van der Waals surface area contributed by atoms with Crippen LogP contribution in [0.3, 0.4) is 0 Å². The van der Waals surface area contributed by atoms with Gasteiger partial charge < -0.3 is 15.0 Å². The second kappa shape index (κ2) is 6.91. The maximum absolute atomic E-state index is 13.4. The molecule has 5 heteroatoms. The quantitative estimate of drug-likeness (QED) is 0.932. The number of hydrogen-bond donors (Lipinski definition) is 1. The number of nitrogens with one attached hydrogen (secondary N) is 1. The minimum absolute atomic E-state index is 0.104. The minimum atomic E-state index is -0.232. The Morgan fingerprint density at radius 3 is 2.96 bits per heavy atom. The highest BCUT2D eigenvalue weighted by atomic mass is 19.1. The average Bonchev–Trinajstić information content (AvgIpc) is 2.57. The van der Waals surface area contributed by atoms with Crippen molar-refractivity contribution in [1.82, 2.24) is 0 Å². The summed E-state index contributed by atoms with van der Waals surface area (Å²) in [6.07, 6.45) is 1.74. The minimum Gasteiger partial charge on any atom is -0.497 e. The van der Waals surface area contributed by atoms with E-state index < -0.39 is 0 Å². The summed E-state index contributed by atoms with van der Waals surface area (Å²) in [5.41, 5.74) is 2.60. The molecule has 1 aliphatic heterocycles. The molecule has 126 valence electrons. The molecule has 1 aliphatic rings. The van der Waals surface area contributed by atoms with Gasteiger partial charge in [0.1, 0.15) is 11.6 Å². The van der Waals surface area contributed by atoms with Gasteiger partial charge in [0.05, 0.1) is 13.7 Å². The largest absolute Gasteiger partial charge is 0.497 e. The van der Waals surface area contributed by atoms with E-state index in [9.17, 15) is 9.18 Å². The van der Waals surface area contributed by atoms with Crippen LogP contribution in [0, 0.1) is 5.82 Å². The van der Waals surface area contributed by atoms with Crippen LogP contribution in [0.4, 0.5) is 15.8 Å². The Balaban J connectivity index is 1.74. The predicted octanol–water partition coefficient (Wildman–Crippen LogP) is 3.61. The molecule has 0 saturated heterocycles. The van der Waals surface area contributed by atoms with Gasteiger partial charge in [-0.25, -0.2) is 4.39 Å². The number of halogens is 1. The van der Waals surface area contributed by atoms with E-state index in [1.165, 1.54) is 6.07 Å². The zero-order valence-electron chi connectivity index (χ0n) is 13.9. The Kier molecular flexibility index (Phi) is 4.69. The molecule has 4 nitrogen and oxygen atoms in total. The van der Waals surface area contributed by atoms with Crippen molar-refractivity contribution in [3.63, 3.8) is 0 Å². The summed E-state index contributed by atoms with van der Waals surface area (Å²) in [7, 11) is 1.59. The molecule has 0 fully saturated rings. The normalized spacial score (nSPS) is 16.5. The molecule has 0 saturated carbocycles. The molecule has 1 N–H and O–H groups in total. The van der Waals surface area contributed by atoms with Crippen LogP contribution in [-0.2, 0) is 11.2 Å². The number of amides is 1. The van der Waals surface area contributed by atoms with Gasteiger partial charge in [-0.15, -0.1) is 0 Å². The van der Waals surface area contributed by atoms with Crippen LogP contribution < -0.4 is 15.0 Å². The number of fused-ring (bicyclic) bond motifs is 1. The highest BCUT2D eigenvalue weighted by molar-refractivity contribution is 5.94. The number of methoxy groups -OCH3 is 1. The van der Waals surface area contributed by atoms with Crippen molar-refractivity contribution in [1.29, 1.82) is 0 Å². The summed E-state index contributed by atoms with van der Waals surface area (Å²) >= 11 is 0. The molecule has 0 aliphatic carbocycles. The Labute approximate surface area is 141 Å². The van der Waals surface area contributed by atoms with E-state index in [2.05, 4.69) is 12.2 Å². The lowest BCUT2D eigenvalue weighted by molar-refractivity contribution is -0.115. The number of ether oxygens (including phenoxy) is 1. The van der Waals surface area contributed by atoms with Gasteiger partial charge in [0.15, 0.2) is 0 Å². The second-order valence-electron chi connectivity index (χ2n) is 6.07. The van der Waals surface area contributed by atoms with Crippen LogP contribution in [-0.4, -0.2) is 25.6 Å². The van der Waals surface area contributed by atoms with Crippen molar-refractivity contribution in [3.05, 3.63) is 53.8 Å². The summed E-state index contributed by atoms with van der Waals surface area (Å²) in [5, 5.41) is 2.89. The van der Waals surface area contributed by atoms with E-state index >= 15 is 0 Å². The Morgan fingerprint density at radius 1 is 1.33 bits per heavy atom. The number of carbonyl (C=O) groups is 1. The van der Waals surface area contributed by atoms with Crippen molar-refractivity contribution in [2.45, 2.75) is 25.8 Å². The second-order valence-corrected chi connectivity index (χ2v) is 6.07. The molecule has 2 aromatic rings. The van der Waals surface area contributed by atoms with Crippen molar-refractivity contribution in [3.8, 4) is 5.75 Å². The number of hydrogen-bond acceptors (Lipinski definition) is 3. The highest BCUT2D eigenvalue weighted by Crippen LogP contribution is 2.31. The van der Waals surface area contributed by atoms with Crippen LogP contribution in [0.1, 0.15) is 18.9 Å². The molecule has 1 amide bonds. The average molecular weight is 328 g/mol. The van der Waals surface area contributed by atoms with E-state index in [-0.39, 0.29) is 24.3 Å². The van der Waals surface area contributed by atoms with Gasteiger partial charge >= 0.3 is 0 Å². The SMILES string of the molecule is COc1cccc(NC(=O)CN2c3ccc(F)cc3CC[C@@H]2C)c1. The number of anilines is 2. The first-order valence-corrected chi connectivity index (χ1v) is 8.06. The molecular weight excluding hydrogens is 307 g/mol. The van der Waals surface area contributed by atoms with Gasteiger partial charge in [-0.05, 0) is 55.7 Å². The fourth-order valence-corrected chi connectivity index (χ4v) is 3.09. The zero-order chi connectivity index (χ0) is 17.1. The standard InChI is InChI=1S/C19H21FN2O2/c1-13-6-7-14-10-15(20)8-9-18(14)22(13)12-19(23)21-16-4-3-5-17(11-16)24-2/h3-5,8-11,13H,6-7,12H2,1-2H3,(H,21,23)/t13-/m0/s1. The van der Waals surface area contributed by atoms with Crippen molar-refractivity contribution >= 4 is 17.3 Å². The van der Waals surface area contributed by atoms with Crippen molar-refractivity contribution < 1.29 is 13.9 Å². The summed E-state index contributed by atoms with van der Waals surface area (Å²) in [6, 6.07) is 12.3. The maximum Gasteiger partial charge on any atom is 0.243 e. The highest BCUT2D eigenvalue weighted by Gasteiger charge is 2.25. The molecule has 0 radical (unpaired) electrons. The molecule has 3 rings (SSSR count). The molecule has 0 bridgehead atoms. The molecular formula is C19H21FN2O2. The number of aryl methyl sites for hydroxylation is 1. The monoisotopic (exact) mass is 328 g/mol. The molecule has 1 atom stereocenters.